The molecule has 3 N–H and O–H groups in total. The number of nitrogens with two attached hydrogens (primary N) is 1. The molecular weight excluding hydrogens is 302 g/mol. The number of benzene rings is 2. The molecule has 2 aromatic carbocycles. The molecule has 1 heterocycles. The predicted octanol–water partition coefficient (Wildman–Crippen LogP) is 2.19. The Morgan fingerprint density at radius 2 is 1.96 bits per heavy atom. The van der Waals surface area contributed by atoms with Crippen molar-refractivity contribution < 1.29 is 4.74 Å². The minimum absolute atomic E-state index is 0.382. The smallest absolute Gasteiger partial charge is 0.189 e. The van der Waals surface area contributed by atoms with E-state index in [2.05, 4.69) is 19.9 Å². The van der Waals surface area contributed by atoms with Crippen LogP contribution in [0.3, 0.4) is 0 Å². The van der Waals surface area contributed by atoms with E-state index >= 15 is 0 Å². The number of aromatic nitrogens is 2. The fraction of sp³-hybridized carbons (Fsp3) is 0.222. The first-order valence-electron chi connectivity index (χ1n) is 7.75. The van der Waals surface area contributed by atoms with Gasteiger partial charge < -0.3 is 20.4 Å². The Morgan fingerprint density at radius 1 is 1.21 bits per heavy atom. The van der Waals surface area contributed by atoms with E-state index in [1.807, 2.05) is 55.6 Å². The number of nitrogens with one attached hydrogen (secondary N) is 1. The largest absolute Gasteiger partial charge is 0.496 e. The highest BCUT2D eigenvalue weighted by molar-refractivity contribution is 5.78. The summed E-state index contributed by atoms with van der Waals surface area (Å²) in [6.07, 6.45) is 0. The van der Waals surface area contributed by atoms with Crippen molar-refractivity contribution >= 4 is 17.0 Å². The standard InChI is InChI=1S/C18H21N5O/c1-23-15-9-5-4-8-14(15)22-17(23)12-21-18(19)20-11-13-7-3-6-10-16(13)24-2/h3-10H,11-12H2,1-2H3,(H3,19,20,21). The van der Waals surface area contributed by atoms with Crippen molar-refractivity contribution in [1.82, 2.24) is 14.9 Å². The highest BCUT2D eigenvalue weighted by Gasteiger charge is 2.07. The molecule has 0 radical (unpaired) electrons. The van der Waals surface area contributed by atoms with E-state index in [-0.39, 0.29) is 0 Å². The lowest BCUT2D eigenvalue weighted by atomic mass is 10.2. The molecule has 0 bridgehead atoms. The van der Waals surface area contributed by atoms with Gasteiger partial charge in [0.2, 0.25) is 0 Å². The van der Waals surface area contributed by atoms with E-state index in [0.29, 0.717) is 19.0 Å². The summed E-state index contributed by atoms with van der Waals surface area (Å²) in [7, 11) is 3.64. The second-order valence-corrected chi connectivity index (χ2v) is 5.44. The summed E-state index contributed by atoms with van der Waals surface area (Å²) in [6.45, 7) is 0.984. The number of fused-ring (bicyclic) bond motifs is 1. The van der Waals surface area contributed by atoms with Gasteiger partial charge in [0.15, 0.2) is 5.96 Å². The van der Waals surface area contributed by atoms with Gasteiger partial charge in [0.25, 0.3) is 0 Å². The van der Waals surface area contributed by atoms with Gasteiger partial charge in [-0.3, -0.25) is 0 Å². The van der Waals surface area contributed by atoms with Crippen LogP contribution in [-0.4, -0.2) is 22.6 Å². The van der Waals surface area contributed by atoms with Crippen LogP contribution in [0.1, 0.15) is 11.4 Å². The van der Waals surface area contributed by atoms with Gasteiger partial charge in [-0.1, -0.05) is 30.3 Å². The molecule has 6 heteroatoms. The Bertz CT molecular complexity index is 869. The van der Waals surface area contributed by atoms with Crippen molar-refractivity contribution in [2.45, 2.75) is 13.1 Å². The highest BCUT2D eigenvalue weighted by atomic mass is 16.5. The van der Waals surface area contributed by atoms with Gasteiger partial charge in [0.1, 0.15) is 11.6 Å². The number of methoxy groups -OCH3 is 1. The summed E-state index contributed by atoms with van der Waals surface area (Å²) in [5.41, 5.74) is 9.03. The third-order valence-electron chi connectivity index (χ3n) is 3.92. The zero-order valence-corrected chi connectivity index (χ0v) is 13.9. The fourth-order valence-corrected chi connectivity index (χ4v) is 2.58. The summed E-state index contributed by atoms with van der Waals surface area (Å²) < 4.78 is 7.36. The van der Waals surface area contributed by atoms with Crippen LogP contribution in [0.4, 0.5) is 0 Å². The number of ether oxygens (including phenoxy) is 1. The van der Waals surface area contributed by atoms with Crippen molar-refractivity contribution in [2.24, 2.45) is 17.8 Å². The number of hydrogen-bond acceptors (Lipinski definition) is 3. The van der Waals surface area contributed by atoms with E-state index in [1.165, 1.54) is 0 Å². The molecule has 0 amide bonds. The Labute approximate surface area is 141 Å². The van der Waals surface area contributed by atoms with E-state index in [4.69, 9.17) is 10.5 Å². The first kappa shape index (κ1) is 15.9. The summed E-state index contributed by atoms with van der Waals surface area (Å²) in [5.74, 6) is 2.10. The number of guanidine groups is 1. The molecule has 0 saturated heterocycles. The summed E-state index contributed by atoms with van der Waals surface area (Å²) in [5, 5.41) is 3.11. The minimum Gasteiger partial charge on any atom is -0.496 e. The number of para-hydroxylation sites is 3. The average Bonchev–Trinajstić information content (AvgIpc) is 2.94. The Morgan fingerprint density at radius 3 is 2.75 bits per heavy atom. The molecule has 0 spiro atoms. The van der Waals surface area contributed by atoms with E-state index < -0.39 is 0 Å². The molecule has 3 aromatic rings. The molecule has 3 rings (SSSR count). The Hall–Kier alpha value is -3.02. The van der Waals surface area contributed by atoms with Gasteiger partial charge in [-0.2, -0.15) is 0 Å². The number of rotatable bonds is 5. The fourth-order valence-electron chi connectivity index (χ4n) is 2.58. The van der Waals surface area contributed by atoms with Gasteiger partial charge in [-0.25, -0.2) is 9.98 Å². The lowest BCUT2D eigenvalue weighted by molar-refractivity contribution is 0.410. The number of imidazole rings is 1. The molecule has 0 fully saturated rings. The molecule has 0 unspecified atom stereocenters. The maximum atomic E-state index is 5.97. The zero-order valence-electron chi connectivity index (χ0n) is 13.9. The SMILES string of the molecule is COc1ccccc1CN=C(N)NCc1nc2ccccc2n1C. The van der Waals surface area contributed by atoms with Crippen LogP contribution >= 0.6 is 0 Å². The summed E-state index contributed by atoms with van der Waals surface area (Å²) in [4.78, 5) is 8.97. The van der Waals surface area contributed by atoms with Crippen LogP contribution < -0.4 is 15.8 Å². The van der Waals surface area contributed by atoms with E-state index in [9.17, 15) is 0 Å². The van der Waals surface area contributed by atoms with Gasteiger partial charge in [-0.05, 0) is 18.2 Å². The topological polar surface area (TPSA) is 77.5 Å². The number of hydrogen-bond donors (Lipinski definition) is 2. The third kappa shape index (κ3) is 3.32. The maximum Gasteiger partial charge on any atom is 0.189 e. The van der Waals surface area contributed by atoms with Crippen molar-refractivity contribution in [1.29, 1.82) is 0 Å². The van der Waals surface area contributed by atoms with Crippen LogP contribution in [0.25, 0.3) is 11.0 Å². The molecule has 0 aliphatic rings. The first-order chi connectivity index (χ1) is 11.7. The number of aryl methyl sites for hydroxylation is 1. The lowest BCUT2D eigenvalue weighted by Crippen LogP contribution is -2.32. The monoisotopic (exact) mass is 323 g/mol. The molecule has 0 aliphatic carbocycles. The van der Waals surface area contributed by atoms with Crippen LogP contribution in [0, 0.1) is 0 Å². The van der Waals surface area contributed by atoms with Crippen molar-refractivity contribution in [2.75, 3.05) is 7.11 Å². The van der Waals surface area contributed by atoms with Gasteiger partial charge in [-0.15, -0.1) is 0 Å². The second kappa shape index (κ2) is 7.04. The molecule has 24 heavy (non-hydrogen) atoms. The Kier molecular flexibility index (Phi) is 4.65. The summed E-state index contributed by atoms with van der Waals surface area (Å²) >= 11 is 0. The van der Waals surface area contributed by atoms with E-state index in [1.54, 1.807) is 7.11 Å². The van der Waals surface area contributed by atoms with Crippen molar-refractivity contribution in [3.8, 4) is 5.75 Å². The van der Waals surface area contributed by atoms with Gasteiger partial charge >= 0.3 is 0 Å². The quantitative estimate of drug-likeness (QED) is 0.557. The van der Waals surface area contributed by atoms with E-state index in [0.717, 1.165) is 28.2 Å². The van der Waals surface area contributed by atoms with Crippen molar-refractivity contribution in [3.05, 3.63) is 59.9 Å². The number of nitrogens with zero attached hydrogens (tertiary/aromatic N) is 3. The minimum atomic E-state index is 0.382. The van der Waals surface area contributed by atoms with Gasteiger partial charge in [0.05, 0.1) is 31.2 Å². The first-order valence-corrected chi connectivity index (χ1v) is 7.75. The zero-order chi connectivity index (χ0) is 16.9. The molecule has 0 saturated carbocycles. The highest BCUT2D eigenvalue weighted by Crippen LogP contribution is 2.18. The number of aliphatic imine (C=N–C) groups is 1. The third-order valence-corrected chi connectivity index (χ3v) is 3.92. The maximum absolute atomic E-state index is 5.97. The Balaban J connectivity index is 1.66. The van der Waals surface area contributed by atoms with Crippen molar-refractivity contribution in [3.63, 3.8) is 0 Å². The molecule has 6 nitrogen and oxygen atoms in total. The normalized spacial score (nSPS) is 11.7. The van der Waals surface area contributed by atoms with Crippen LogP contribution in [0.15, 0.2) is 53.5 Å². The average molecular weight is 323 g/mol. The van der Waals surface area contributed by atoms with Gasteiger partial charge in [0, 0.05) is 12.6 Å². The molecule has 0 atom stereocenters. The summed E-state index contributed by atoms with van der Waals surface area (Å²) in [6, 6.07) is 15.8. The molecule has 1 aromatic heterocycles. The lowest BCUT2D eigenvalue weighted by Gasteiger charge is -2.08. The molecule has 0 aliphatic heterocycles. The van der Waals surface area contributed by atoms with Crippen LogP contribution in [-0.2, 0) is 20.1 Å². The molecular formula is C18H21N5O. The van der Waals surface area contributed by atoms with Crippen LogP contribution in [0.5, 0.6) is 5.75 Å². The second-order valence-electron chi connectivity index (χ2n) is 5.44. The predicted molar refractivity (Wildman–Crippen MR) is 95.9 cm³/mol. The van der Waals surface area contributed by atoms with Crippen LogP contribution in [0.2, 0.25) is 0 Å². The molecule has 124 valence electrons.